The van der Waals surface area contributed by atoms with Crippen LogP contribution in [0.4, 0.5) is 15.8 Å². The molecular formula is C25H18Br2FN3O5. The fraction of sp³-hybridized carbons (Fsp3) is 0.0800. The van der Waals surface area contributed by atoms with E-state index >= 15 is 0 Å². The molecule has 0 radical (unpaired) electrons. The van der Waals surface area contributed by atoms with Crippen molar-refractivity contribution in [1.29, 1.82) is 0 Å². The maximum Gasteiger partial charge on any atom is 0.282 e. The van der Waals surface area contributed by atoms with Crippen molar-refractivity contribution >= 4 is 67.0 Å². The molecule has 0 spiro atoms. The first-order valence-corrected chi connectivity index (χ1v) is 12.0. The minimum absolute atomic E-state index is 0.0726. The minimum Gasteiger partial charge on any atom is -0.493 e. The van der Waals surface area contributed by atoms with E-state index in [0.717, 1.165) is 0 Å². The van der Waals surface area contributed by atoms with Crippen LogP contribution >= 0.6 is 31.9 Å². The molecule has 184 valence electrons. The summed E-state index contributed by atoms with van der Waals surface area (Å²) in [4.78, 5) is 37.7. The van der Waals surface area contributed by atoms with Crippen LogP contribution in [0.15, 0.2) is 75.2 Å². The Morgan fingerprint density at radius 2 is 1.83 bits per heavy atom. The number of benzene rings is 3. The number of hydrogen-bond acceptors (Lipinski definition) is 5. The second kappa shape index (κ2) is 10.9. The molecule has 8 nitrogen and oxygen atoms in total. The fourth-order valence-corrected chi connectivity index (χ4v) is 4.32. The van der Waals surface area contributed by atoms with Gasteiger partial charge < -0.3 is 14.8 Å². The van der Waals surface area contributed by atoms with E-state index in [4.69, 9.17) is 9.47 Å². The summed E-state index contributed by atoms with van der Waals surface area (Å²) in [5, 5.41) is 3.71. The summed E-state index contributed by atoms with van der Waals surface area (Å²) in [6, 6.07) is 15.8. The molecule has 0 aromatic heterocycles. The number of rotatable bonds is 7. The van der Waals surface area contributed by atoms with Gasteiger partial charge in [-0.3, -0.25) is 19.8 Å². The second-order valence-electron chi connectivity index (χ2n) is 7.45. The quantitative estimate of drug-likeness (QED) is 0.292. The molecule has 1 saturated heterocycles. The second-order valence-corrected chi connectivity index (χ2v) is 9.03. The summed E-state index contributed by atoms with van der Waals surface area (Å²) >= 11 is 6.86. The van der Waals surface area contributed by atoms with Crippen molar-refractivity contribution in [3.63, 3.8) is 0 Å². The van der Waals surface area contributed by atoms with E-state index in [-0.39, 0.29) is 23.7 Å². The number of nitrogens with one attached hydrogen (secondary N) is 2. The molecule has 3 amide bonds. The molecule has 0 saturated carbocycles. The van der Waals surface area contributed by atoms with Crippen molar-refractivity contribution in [2.24, 2.45) is 0 Å². The number of nitrogens with zero attached hydrogens (tertiary/aromatic N) is 1. The van der Waals surface area contributed by atoms with Crippen LogP contribution in [0.3, 0.4) is 0 Å². The number of halogens is 3. The number of ether oxygens (including phenoxy) is 2. The van der Waals surface area contributed by atoms with Crippen molar-refractivity contribution in [1.82, 2.24) is 5.43 Å². The third-order valence-electron chi connectivity index (χ3n) is 5.04. The van der Waals surface area contributed by atoms with Gasteiger partial charge in [-0.25, -0.2) is 9.40 Å². The Kier molecular flexibility index (Phi) is 7.70. The number of anilines is 2. The van der Waals surface area contributed by atoms with Gasteiger partial charge in [0.1, 0.15) is 11.4 Å². The Morgan fingerprint density at radius 3 is 2.53 bits per heavy atom. The number of para-hydroxylation sites is 1. The van der Waals surface area contributed by atoms with E-state index < -0.39 is 23.5 Å². The van der Waals surface area contributed by atoms with E-state index in [1.165, 1.54) is 36.4 Å². The summed E-state index contributed by atoms with van der Waals surface area (Å²) in [5.41, 5.74) is 3.75. The summed E-state index contributed by atoms with van der Waals surface area (Å²) in [6.45, 7) is -0.384. The number of carbonyl (C=O) groups excluding carboxylic acids is 3. The van der Waals surface area contributed by atoms with Gasteiger partial charge in [-0.05, 0) is 79.9 Å². The molecule has 1 heterocycles. The molecule has 3 aromatic rings. The number of hydrazine groups is 1. The Labute approximate surface area is 222 Å². The number of methoxy groups -OCH3 is 1. The fourth-order valence-electron chi connectivity index (χ4n) is 3.37. The number of hydrogen-bond donors (Lipinski definition) is 2. The lowest BCUT2D eigenvalue weighted by atomic mass is 10.1. The topological polar surface area (TPSA) is 97.0 Å². The minimum atomic E-state index is -0.555. The molecule has 11 heteroatoms. The smallest absolute Gasteiger partial charge is 0.282 e. The van der Waals surface area contributed by atoms with Gasteiger partial charge >= 0.3 is 0 Å². The average Bonchev–Trinajstić information content (AvgIpc) is 3.15. The van der Waals surface area contributed by atoms with Gasteiger partial charge in [0.15, 0.2) is 18.1 Å². The van der Waals surface area contributed by atoms with Crippen molar-refractivity contribution in [3.8, 4) is 11.5 Å². The first-order valence-electron chi connectivity index (χ1n) is 10.4. The Hall–Kier alpha value is -3.70. The van der Waals surface area contributed by atoms with Gasteiger partial charge in [0, 0.05) is 10.2 Å². The monoisotopic (exact) mass is 617 g/mol. The highest BCUT2D eigenvalue weighted by molar-refractivity contribution is 9.13. The zero-order valence-electron chi connectivity index (χ0n) is 18.7. The third-order valence-corrected chi connectivity index (χ3v) is 7.18. The van der Waals surface area contributed by atoms with E-state index in [9.17, 15) is 18.8 Å². The summed E-state index contributed by atoms with van der Waals surface area (Å²) < 4.78 is 25.3. The van der Waals surface area contributed by atoms with E-state index in [1.54, 1.807) is 42.5 Å². The summed E-state index contributed by atoms with van der Waals surface area (Å²) in [7, 11) is 1.41. The van der Waals surface area contributed by atoms with Crippen LogP contribution in [0.1, 0.15) is 5.56 Å². The molecule has 1 fully saturated rings. The molecule has 0 aliphatic carbocycles. The zero-order valence-corrected chi connectivity index (χ0v) is 21.9. The maximum atomic E-state index is 13.3. The Morgan fingerprint density at radius 1 is 1.08 bits per heavy atom. The van der Waals surface area contributed by atoms with Crippen molar-refractivity contribution < 1.29 is 28.2 Å². The first-order chi connectivity index (χ1) is 17.3. The molecule has 0 atom stereocenters. The normalized spacial score (nSPS) is 14.1. The van der Waals surface area contributed by atoms with Crippen molar-refractivity contribution in [2.75, 3.05) is 24.0 Å². The van der Waals surface area contributed by atoms with Gasteiger partial charge in [0.25, 0.3) is 17.7 Å². The van der Waals surface area contributed by atoms with Crippen LogP contribution in [-0.4, -0.2) is 31.4 Å². The highest BCUT2D eigenvalue weighted by atomic mass is 79.9. The lowest BCUT2D eigenvalue weighted by molar-refractivity contribution is -0.118. The van der Waals surface area contributed by atoms with Crippen LogP contribution in [-0.2, 0) is 14.4 Å². The van der Waals surface area contributed by atoms with E-state index in [0.29, 0.717) is 25.9 Å². The standard InChI is InChI=1S/C25H18Br2FN3O5/c1-35-19-11-14(10-18-24(33)30-31(25(18)34)17-8-3-2-4-9-17)21(26)22(27)23(19)36-13-20(32)29-16-7-5-6-15(28)12-16/h2-12H,13H2,1H3,(H,29,32)(H,30,33)/b18-10-. The molecule has 2 N–H and O–H groups in total. The van der Waals surface area contributed by atoms with E-state index in [1.807, 2.05) is 0 Å². The predicted octanol–water partition coefficient (Wildman–Crippen LogP) is 4.84. The SMILES string of the molecule is COc1cc(/C=C2/C(=O)NN(c3ccccc3)C2=O)c(Br)c(Br)c1OCC(=O)Nc1cccc(F)c1. The van der Waals surface area contributed by atoms with Gasteiger partial charge in [-0.1, -0.05) is 24.3 Å². The zero-order chi connectivity index (χ0) is 25.8. The average molecular weight is 619 g/mol. The van der Waals surface area contributed by atoms with Gasteiger partial charge in [-0.2, -0.15) is 0 Å². The summed E-state index contributed by atoms with van der Waals surface area (Å²) in [6.07, 6.45) is 1.43. The molecule has 0 bridgehead atoms. The maximum absolute atomic E-state index is 13.3. The highest BCUT2D eigenvalue weighted by Crippen LogP contribution is 2.43. The molecule has 1 aliphatic rings. The van der Waals surface area contributed by atoms with Gasteiger partial charge in [-0.15, -0.1) is 0 Å². The summed E-state index contributed by atoms with van der Waals surface area (Å²) in [5.74, 6) is -1.59. The first kappa shape index (κ1) is 25.4. The number of amides is 3. The molecule has 36 heavy (non-hydrogen) atoms. The van der Waals surface area contributed by atoms with Crippen LogP contribution in [0.2, 0.25) is 0 Å². The lowest BCUT2D eigenvalue weighted by Gasteiger charge is -2.16. The molecule has 3 aromatic carbocycles. The van der Waals surface area contributed by atoms with Gasteiger partial charge in [0.2, 0.25) is 0 Å². The van der Waals surface area contributed by atoms with Crippen molar-refractivity contribution in [2.45, 2.75) is 0 Å². The lowest BCUT2D eigenvalue weighted by Crippen LogP contribution is -2.35. The third kappa shape index (κ3) is 5.42. The molecule has 1 aliphatic heterocycles. The predicted molar refractivity (Wildman–Crippen MR) is 139 cm³/mol. The Balaban J connectivity index is 1.56. The van der Waals surface area contributed by atoms with E-state index in [2.05, 4.69) is 42.6 Å². The van der Waals surface area contributed by atoms with Crippen LogP contribution in [0.5, 0.6) is 11.5 Å². The molecular weight excluding hydrogens is 601 g/mol. The van der Waals surface area contributed by atoms with Crippen LogP contribution < -0.4 is 25.2 Å². The highest BCUT2D eigenvalue weighted by Gasteiger charge is 2.34. The van der Waals surface area contributed by atoms with Crippen LogP contribution in [0.25, 0.3) is 6.08 Å². The van der Waals surface area contributed by atoms with Crippen molar-refractivity contribution in [3.05, 3.63) is 86.6 Å². The Bertz CT molecular complexity index is 1380. The number of carbonyl (C=O) groups is 3. The largest absolute Gasteiger partial charge is 0.493 e. The van der Waals surface area contributed by atoms with Gasteiger partial charge in [0.05, 0.1) is 17.3 Å². The van der Waals surface area contributed by atoms with Crippen LogP contribution in [0, 0.1) is 5.82 Å². The molecule has 0 unspecified atom stereocenters. The molecule has 4 rings (SSSR count).